The second-order valence-corrected chi connectivity index (χ2v) is 6.46. The summed E-state index contributed by atoms with van der Waals surface area (Å²) in [6, 6.07) is -1.14. The number of carbonyl (C=O) groups excluding carboxylic acids is 1. The van der Waals surface area contributed by atoms with Crippen LogP contribution in [-0.4, -0.2) is 62.6 Å². The minimum absolute atomic E-state index is 0.0398. The van der Waals surface area contributed by atoms with E-state index >= 15 is 0 Å². The minimum Gasteiger partial charge on any atom is -0.480 e. The first-order valence-corrected chi connectivity index (χ1v) is 6.74. The number of amides is 1. The van der Waals surface area contributed by atoms with E-state index in [1.807, 2.05) is 0 Å². The van der Waals surface area contributed by atoms with Gasteiger partial charge in [0.1, 0.15) is 11.6 Å². The van der Waals surface area contributed by atoms with Gasteiger partial charge in [-0.05, 0) is 20.8 Å². The minimum atomic E-state index is -1.22. The fourth-order valence-corrected chi connectivity index (χ4v) is 2.51. The molecule has 2 rings (SSSR count). The predicted octanol–water partition coefficient (Wildman–Crippen LogP) is 0.680. The highest BCUT2D eigenvalue weighted by Gasteiger charge is 2.55. The van der Waals surface area contributed by atoms with Crippen molar-refractivity contribution in [3.63, 3.8) is 0 Å². The topological polar surface area (TPSA) is 126 Å². The van der Waals surface area contributed by atoms with E-state index in [9.17, 15) is 19.5 Å². The molecular formula is C13H18N2O7. The van der Waals surface area contributed by atoms with Gasteiger partial charge in [0, 0.05) is 12.8 Å². The Morgan fingerprint density at radius 2 is 2.00 bits per heavy atom. The number of hydrogen-bond donors (Lipinski definition) is 2. The Balaban J connectivity index is 2.16. The summed E-state index contributed by atoms with van der Waals surface area (Å²) in [4.78, 5) is 40.7. The van der Waals surface area contributed by atoms with E-state index in [4.69, 9.17) is 14.7 Å². The van der Waals surface area contributed by atoms with Crippen LogP contribution in [0.2, 0.25) is 0 Å². The quantitative estimate of drug-likeness (QED) is 0.767. The van der Waals surface area contributed by atoms with Crippen LogP contribution in [0.25, 0.3) is 0 Å². The third-order valence-electron chi connectivity index (χ3n) is 3.40. The van der Waals surface area contributed by atoms with Gasteiger partial charge in [0.2, 0.25) is 0 Å². The zero-order valence-corrected chi connectivity index (χ0v) is 12.5. The molecule has 1 amide bonds. The van der Waals surface area contributed by atoms with Crippen molar-refractivity contribution in [2.24, 2.45) is 5.16 Å². The van der Waals surface area contributed by atoms with Crippen LogP contribution in [0.5, 0.6) is 0 Å². The first-order chi connectivity index (χ1) is 10.0. The molecule has 9 nitrogen and oxygen atoms in total. The molecule has 2 aliphatic rings. The summed E-state index contributed by atoms with van der Waals surface area (Å²) in [5, 5.41) is 21.7. The summed E-state index contributed by atoms with van der Waals surface area (Å²) in [5.41, 5.74) is -2.07. The molecule has 1 spiro atoms. The number of carboxylic acid groups (broad SMARTS) is 2. The van der Waals surface area contributed by atoms with Crippen LogP contribution in [0.15, 0.2) is 5.16 Å². The Labute approximate surface area is 126 Å². The Bertz CT molecular complexity index is 551. The van der Waals surface area contributed by atoms with Gasteiger partial charge in [0.25, 0.3) is 0 Å². The normalized spacial score (nSPS) is 27.5. The second-order valence-electron chi connectivity index (χ2n) is 6.46. The fraction of sp³-hybridized carbons (Fsp3) is 0.692. The van der Waals surface area contributed by atoms with Crippen LogP contribution in [0, 0.1) is 0 Å². The van der Waals surface area contributed by atoms with Crippen LogP contribution in [0.4, 0.5) is 4.79 Å². The highest BCUT2D eigenvalue weighted by Crippen LogP contribution is 2.38. The highest BCUT2D eigenvalue weighted by atomic mass is 16.7. The predicted molar refractivity (Wildman–Crippen MR) is 72.5 cm³/mol. The number of hydrogen-bond acceptors (Lipinski definition) is 6. The van der Waals surface area contributed by atoms with Crippen molar-refractivity contribution in [3.8, 4) is 0 Å². The number of carbonyl (C=O) groups is 3. The summed E-state index contributed by atoms with van der Waals surface area (Å²) in [6.07, 6.45) is -0.864. The van der Waals surface area contributed by atoms with Crippen molar-refractivity contribution in [1.82, 2.24) is 4.90 Å². The first kappa shape index (κ1) is 16.1. The number of aliphatic carboxylic acids is 2. The van der Waals surface area contributed by atoms with Crippen molar-refractivity contribution in [2.45, 2.75) is 50.9 Å². The molecular weight excluding hydrogens is 296 g/mol. The summed E-state index contributed by atoms with van der Waals surface area (Å²) in [6.45, 7) is 4.93. The van der Waals surface area contributed by atoms with Crippen LogP contribution in [-0.2, 0) is 19.2 Å². The Morgan fingerprint density at radius 1 is 1.36 bits per heavy atom. The van der Waals surface area contributed by atoms with E-state index in [0.29, 0.717) is 0 Å². The first-order valence-electron chi connectivity index (χ1n) is 6.74. The van der Waals surface area contributed by atoms with Crippen molar-refractivity contribution in [2.75, 3.05) is 6.54 Å². The van der Waals surface area contributed by atoms with Crippen molar-refractivity contribution in [1.29, 1.82) is 0 Å². The fourth-order valence-electron chi connectivity index (χ4n) is 2.51. The molecule has 0 bridgehead atoms. The number of ether oxygens (including phenoxy) is 1. The summed E-state index contributed by atoms with van der Waals surface area (Å²) >= 11 is 0. The SMILES string of the molecule is CC(C)(C)OC(=O)N1C[C@]2(CC(C(=O)O)=NO2)C[C@H]1C(=O)O. The second kappa shape index (κ2) is 5.15. The van der Waals surface area contributed by atoms with E-state index in [1.165, 1.54) is 0 Å². The van der Waals surface area contributed by atoms with Crippen molar-refractivity contribution < 1.29 is 34.2 Å². The number of carboxylic acids is 2. The third kappa shape index (κ3) is 3.12. The lowest BCUT2D eigenvalue weighted by Gasteiger charge is -2.27. The van der Waals surface area contributed by atoms with E-state index in [0.717, 1.165) is 4.90 Å². The van der Waals surface area contributed by atoms with Crippen LogP contribution in [0.1, 0.15) is 33.6 Å². The van der Waals surface area contributed by atoms with Crippen LogP contribution < -0.4 is 0 Å². The maximum atomic E-state index is 12.2. The molecule has 9 heteroatoms. The molecule has 22 heavy (non-hydrogen) atoms. The van der Waals surface area contributed by atoms with Crippen LogP contribution >= 0.6 is 0 Å². The molecule has 0 aliphatic carbocycles. The summed E-state index contributed by atoms with van der Waals surface area (Å²) in [7, 11) is 0. The summed E-state index contributed by atoms with van der Waals surface area (Å²) in [5.74, 6) is -2.42. The van der Waals surface area contributed by atoms with Gasteiger partial charge in [-0.3, -0.25) is 4.90 Å². The standard InChI is InChI=1S/C13H18N2O7/c1-12(2,3)21-11(20)15-6-13(5-8(15)10(18)19)4-7(9(16)17)14-22-13/h8H,4-6H2,1-3H3,(H,16,17)(H,18,19)/t8-,13-/m0/s1. The molecule has 0 saturated carbocycles. The molecule has 0 aromatic heterocycles. The largest absolute Gasteiger partial charge is 0.480 e. The lowest BCUT2D eigenvalue weighted by molar-refractivity contribution is -0.142. The molecule has 2 heterocycles. The molecule has 0 aromatic rings. The van der Waals surface area contributed by atoms with Gasteiger partial charge in [-0.2, -0.15) is 0 Å². The maximum Gasteiger partial charge on any atom is 0.411 e. The lowest BCUT2D eigenvalue weighted by Crippen LogP contribution is -2.44. The zero-order chi connectivity index (χ0) is 16.7. The molecule has 2 N–H and O–H groups in total. The Morgan fingerprint density at radius 3 is 2.45 bits per heavy atom. The van der Waals surface area contributed by atoms with E-state index in [2.05, 4.69) is 5.16 Å². The molecule has 1 fully saturated rings. The molecule has 122 valence electrons. The number of nitrogens with zero attached hydrogens (tertiary/aromatic N) is 2. The molecule has 1 saturated heterocycles. The van der Waals surface area contributed by atoms with Gasteiger partial charge in [-0.1, -0.05) is 5.16 Å². The van der Waals surface area contributed by atoms with Gasteiger partial charge >= 0.3 is 18.0 Å². The molecule has 0 unspecified atom stereocenters. The lowest BCUT2D eigenvalue weighted by atomic mass is 9.94. The third-order valence-corrected chi connectivity index (χ3v) is 3.40. The Hall–Kier alpha value is -2.32. The number of oxime groups is 1. The van der Waals surface area contributed by atoms with Crippen molar-refractivity contribution >= 4 is 23.7 Å². The van der Waals surface area contributed by atoms with Gasteiger partial charge in [0.15, 0.2) is 11.3 Å². The molecule has 2 aliphatic heterocycles. The Kier molecular flexibility index (Phi) is 3.76. The van der Waals surface area contributed by atoms with Gasteiger partial charge < -0.3 is 19.8 Å². The smallest absolute Gasteiger partial charge is 0.411 e. The maximum absolute atomic E-state index is 12.2. The molecule has 2 atom stereocenters. The van der Waals surface area contributed by atoms with Crippen LogP contribution in [0.3, 0.4) is 0 Å². The van der Waals surface area contributed by atoms with E-state index in [-0.39, 0.29) is 25.1 Å². The van der Waals surface area contributed by atoms with Gasteiger partial charge in [-0.15, -0.1) is 0 Å². The van der Waals surface area contributed by atoms with E-state index < -0.39 is 35.3 Å². The van der Waals surface area contributed by atoms with Crippen molar-refractivity contribution in [3.05, 3.63) is 0 Å². The zero-order valence-electron chi connectivity index (χ0n) is 12.5. The molecule has 0 aromatic carbocycles. The average molecular weight is 314 g/mol. The molecule has 0 radical (unpaired) electrons. The average Bonchev–Trinajstić information content (AvgIpc) is 2.93. The monoisotopic (exact) mass is 314 g/mol. The summed E-state index contributed by atoms with van der Waals surface area (Å²) < 4.78 is 5.19. The van der Waals surface area contributed by atoms with Gasteiger partial charge in [-0.25, -0.2) is 14.4 Å². The van der Waals surface area contributed by atoms with E-state index in [1.54, 1.807) is 20.8 Å². The van der Waals surface area contributed by atoms with Gasteiger partial charge in [0.05, 0.1) is 6.54 Å². The highest BCUT2D eigenvalue weighted by molar-refractivity contribution is 6.36. The number of rotatable bonds is 2. The number of likely N-dealkylation sites (tertiary alicyclic amines) is 1.